The molecule has 42 heavy (non-hydrogen) atoms. The average Bonchev–Trinajstić information content (AvgIpc) is 2.95. The Labute approximate surface area is 298 Å². The van der Waals surface area contributed by atoms with E-state index in [9.17, 15) is 22.6 Å². The number of unbranched alkanes of at least 4 members (excludes halogenated alkanes) is 18. The zero-order chi connectivity index (χ0) is 30.2. The van der Waals surface area contributed by atoms with Crippen LogP contribution in [0.1, 0.15) is 163 Å². The van der Waals surface area contributed by atoms with Crippen molar-refractivity contribution in [2.75, 3.05) is 13.2 Å². The van der Waals surface area contributed by atoms with Crippen molar-refractivity contribution in [3.63, 3.8) is 0 Å². The predicted octanol–water partition coefficient (Wildman–Crippen LogP) is 5.76. The van der Waals surface area contributed by atoms with Crippen LogP contribution < -0.4 is 51.4 Å². The van der Waals surface area contributed by atoms with Crippen LogP contribution in [0, 0.1) is 0 Å². The van der Waals surface area contributed by atoms with Crippen molar-refractivity contribution < 1.29 is 83.4 Å². The van der Waals surface area contributed by atoms with Crippen LogP contribution in [0.15, 0.2) is 24.3 Å². The van der Waals surface area contributed by atoms with Gasteiger partial charge >= 0.3 is 63.3 Å². The van der Waals surface area contributed by atoms with Crippen molar-refractivity contribution in [2.45, 2.75) is 148 Å². The Bertz CT molecular complexity index is 936. The molecule has 0 radical (unpaired) electrons. The Morgan fingerprint density at radius 3 is 1.33 bits per heavy atom. The Morgan fingerprint density at radius 2 is 0.976 bits per heavy atom. The van der Waals surface area contributed by atoms with Gasteiger partial charge in [0.15, 0.2) is 0 Å². The molecule has 1 aromatic carbocycles. The molecule has 0 saturated heterocycles. The van der Waals surface area contributed by atoms with Gasteiger partial charge in [0.25, 0.3) is 0 Å². The van der Waals surface area contributed by atoms with Gasteiger partial charge in [-0.15, -0.1) is 0 Å². The smallest absolute Gasteiger partial charge is 0.748 e. The summed E-state index contributed by atoms with van der Waals surface area (Å²) in [4.78, 5) is 24.9. The minimum Gasteiger partial charge on any atom is -0.748 e. The predicted molar refractivity (Wildman–Crippen MR) is 164 cm³/mol. The molecule has 1 atom stereocenters. The van der Waals surface area contributed by atoms with Gasteiger partial charge in [-0.1, -0.05) is 135 Å². The first-order valence-corrected chi connectivity index (χ1v) is 17.6. The van der Waals surface area contributed by atoms with Gasteiger partial charge in [-0.2, -0.15) is 0 Å². The second kappa shape index (κ2) is 27.1. The van der Waals surface area contributed by atoms with Crippen LogP contribution in [0.4, 0.5) is 0 Å². The fraction of sp³-hybridized carbons (Fsp3) is 0.758. The monoisotopic (exact) mass is 634 g/mol. The van der Waals surface area contributed by atoms with Crippen molar-refractivity contribution in [1.29, 1.82) is 0 Å². The first-order valence-electron chi connectivity index (χ1n) is 16.1. The van der Waals surface area contributed by atoms with Gasteiger partial charge in [0, 0.05) is 5.25 Å². The maximum atomic E-state index is 12.5. The van der Waals surface area contributed by atoms with Crippen molar-refractivity contribution in [3.8, 4) is 0 Å². The normalized spacial score (nSPS) is 12.0. The number of ether oxygens (including phenoxy) is 2. The van der Waals surface area contributed by atoms with Gasteiger partial charge in [0.05, 0.1) is 34.5 Å². The van der Waals surface area contributed by atoms with Crippen LogP contribution >= 0.6 is 0 Å². The molecule has 1 unspecified atom stereocenters. The molecule has 0 fully saturated rings. The summed E-state index contributed by atoms with van der Waals surface area (Å²) in [5.41, 5.74) is 0.170. The quantitative estimate of drug-likeness (QED) is 0.0552. The van der Waals surface area contributed by atoms with Crippen LogP contribution in [0.2, 0.25) is 0 Å². The summed E-state index contributed by atoms with van der Waals surface area (Å²) in [7, 11) is -4.43. The van der Waals surface area contributed by atoms with Gasteiger partial charge in [-0.05, 0) is 31.9 Å². The number of hydrogen-bond acceptors (Lipinski definition) is 7. The number of hydrogen-bond donors (Lipinski definition) is 0. The molecule has 0 aliphatic rings. The molecule has 0 N–H and O–H groups in total. The first kappa shape index (κ1) is 41.7. The Kier molecular flexibility index (Phi) is 26.9. The SMILES string of the molecule is CCCCCCCCCCCCCCCCCCCCCOC(=O)c1ccccc1C(=O)OCCC(C)S(=O)(=O)[O-].[K+]. The number of esters is 2. The summed E-state index contributed by atoms with van der Waals surface area (Å²) < 4.78 is 43.4. The van der Waals surface area contributed by atoms with Crippen molar-refractivity contribution >= 4 is 22.1 Å². The topological polar surface area (TPSA) is 110 Å². The van der Waals surface area contributed by atoms with Crippen LogP contribution in [0.5, 0.6) is 0 Å². The molecular formula is C33H55KO7S. The molecule has 1 aromatic rings. The molecule has 0 saturated carbocycles. The van der Waals surface area contributed by atoms with Crippen LogP contribution in [-0.4, -0.2) is 43.4 Å². The summed E-state index contributed by atoms with van der Waals surface area (Å²) in [6, 6.07) is 6.21. The molecule has 1 rings (SSSR count). The minimum absolute atomic E-state index is 0. The molecule has 0 heterocycles. The molecule has 0 spiro atoms. The second-order valence-corrected chi connectivity index (χ2v) is 13.1. The summed E-state index contributed by atoms with van der Waals surface area (Å²) in [6.07, 6.45) is 24.6. The zero-order valence-corrected chi connectivity index (χ0v) is 30.6. The number of rotatable bonds is 26. The van der Waals surface area contributed by atoms with Gasteiger partial charge in [0.1, 0.15) is 0 Å². The molecule has 0 amide bonds. The summed E-state index contributed by atoms with van der Waals surface area (Å²) >= 11 is 0. The summed E-state index contributed by atoms with van der Waals surface area (Å²) in [5, 5.41) is -1.16. The second-order valence-electron chi connectivity index (χ2n) is 11.3. The Balaban J connectivity index is 0.0000168. The van der Waals surface area contributed by atoms with E-state index >= 15 is 0 Å². The third-order valence-corrected chi connectivity index (χ3v) is 8.82. The number of carbonyl (C=O) groups is 2. The molecule has 236 valence electrons. The molecule has 0 bridgehead atoms. The van der Waals surface area contributed by atoms with Crippen LogP contribution in [0.3, 0.4) is 0 Å². The molecule has 9 heteroatoms. The van der Waals surface area contributed by atoms with E-state index in [-0.39, 0.29) is 75.5 Å². The van der Waals surface area contributed by atoms with Gasteiger partial charge in [-0.25, -0.2) is 18.0 Å². The van der Waals surface area contributed by atoms with Gasteiger partial charge in [0.2, 0.25) is 0 Å². The first-order chi connectivity index (χ1) is 19.8. The maximum Gasteiger partial charge on any atom is 1.00 e. The number of benzene rings is 1. The molecule has 0 aliphatic heterocycles. The fourth-order valence-electron chi connectivity index (χ4n) is 4.80. The molecule has 0 aromatic heterocycles. The van der Waals surface area contributed by atoms with E-state index < -0.39 is 27.3 Å². The standard InChI is InChI=1S/C33H56O7S.K/c1-3-4-5-6-7-8-9-10-11-12-13-14-15-16-17-18-19-20-23-27-39-32(34)30-24-21-22-25-31(30)33(35)40-28-26-29(2)41(36,37)38;/h21-22,24-25,29H,3-20,23,26-28H2,1-2H3,(H,36,37,38);/q;+1/p-1. The van der Waals surface area contributed by atoms with Gasteiger partial charge in [-0.3, -0.25) is 0 Å². The number of carbonyl (C=O) groups excluding carboxylic acids is 2. The van der Waals surface area contributed by atoms with Gasteiger partial charge < -0.3 is 14.0 Å². The average molecular weight is 635 g/mol. The van der Waals surface area contributed by atoms with Crippen LogP contribution in [0.25, 0.3) is 0 Å². The van der Waals surface area contributed by atoms with Crippen molar-refractivity contribution in [1.82, 2.24) is 0 Å². The van der Waals surface area contributed by atoms with Crippen molar-refractivity contribution in [2.24, 2.45) is 0 Å². The molecule has 0 aliphatic carbocycles. The van der Waals surface area contributed by atoms with E-state index in [1.54, 1.807) is 12.1 Å². The third-order valence-electron chi connectivity index (χ3n) is 7.60. The third kappa shape index (κ3) is 21.4. The summed E-state index contributed by atoms with van der Waals surface area (Å²) in [5.74, 6) is -1.34. The summed E-state index contributed by atoms with van der Waals surface area (Å²) in [6.45, 7) is 3.59. The maximum absolute atomic E-state index is 12.5. The Morgan fingerprint density at radius 1 is 0.643 bits per heavy atom. The van der Waals surface area contributed by atoms with E-state index in [4.69, 9.17) is 9.47 Å². The Hall–Kier alpha value is -0.294. The zero-order valence-electron chi connectivity index (χ0n) is 26.7. The largest absolute Gasteiger partial charge is 1.00 e. The molecule has 7 nitrogen and oxygen atoms in total. The van der Waals surface area contributed by atoms with E-state index in [1.807, 2.05) is 0 Å². The minimum atomic E-state index is -4.43. The van der Waals surface area contributed by atoms with E-state index in [0.717, 1.165) is 19.3 Å². The fourth-order valence-corrected chi connectivity index (χ4v) is 5.19. The van der Waals surface area contributed by atoms with Crippen LogP contribution in [-0.2, 0) is 19.6 Å². The van der Waals surface area contributed by atoms with E-state index in [1.165, 1.54) is 122 Å². The van der Waals surface area contributed by atoms with Crippen molar-refractivity contribution in [3.05, 3.63) is 35.4 Å². The molecular weight excluding hydrogens is 580 g/mol. The van der Waals surface area contributed by atoms with E-state index in [0.29, 0.717) is 6.61 Å². The van der Waals surface area contributed by atoms with E-state index in [2.05, 4.69) is 6.92 Å².